The molecule has 0 rings (SSSR count). The van der Waals surface area contributed by atoms with Crippen LogP contribution in [0.4, 0.5) is 0 Å². The molecule has 2 unspecified atom stereocenters. The van der Waals surface area contributed by atoms with E-state index >= 15 is 0 Å². The van der Waals surface area contributed by atoms with Crippen LogP contribution in [0.1, 0.15) is 52.9 Å². The van der Waals surface area contributed by atoms with Crippen LogP contribution >= 0.6 is 0 Å². The SMILES string of the molecule is C=C(C)CC(O)C(CC)CCCC. The number of rotatable bonds is 7. The van der Waals surface area contributed by atoms with E-state index in [4.69, 9.17) is 0 Å². The van der Waals surface area contributed by atoms with E-state index in [1.807, 2.05) is 6.92 Å². The second-order valence-corrected chi connectivity index (χ2v) is 4.04. The Morgan fingerprint density at radius 1 is 1.38 bits per heavy atom. The predicted molar refractivity (Wildman–Crippen MR) is 58.7 cm³/mol. The minimum absolute atomic E-state index is 0.172. The van der Waals surface area contributed by atoms with E-state index < -0.39 is 0 Å². The molecule has 0 heterocycles. The number of aliphatic hydroxyl groups excluding tert-OH is 1. The van der Waals surface area contributed by atoms with Gasteiger partial charge in [-0.25, -0.2) is 0 Å². The Kier molecular flexibility index (Phi) is 6.97. The fraction of sp³-hybridized carbons (Fsp3) is 0.833. The van der Waals surface area contributed by atoms with Crippen molar-refractivity contribution >= 4 is 0 Å². The molecule has 78 valence electrons. The molecule has 0 aromatic rings. The second kappa shape index (κ2) is 7.14. The summed E-state index contributed by atoms with van der Waals surface area (Å²) >= 11 is 0. The molecule has 1 heteroatoms. The Morgan fingerprint density at radius 3 is 2.38 bits per heavy atom. The minimum atomic E-state index is -0.172. The van der Waals surface area contributed by atoms with Gasteiger partial charge >= 0.3 is 0 Å². The van der Waals surface area contributed by atoms with Gasteiger partial charge in [0.1, 0.15) is 0 Å². The molecule has 0 spiro atoms. The Morgan fingerprint density at radius 2 is 2.00 bits per heavy atom. The molecule has 0 aliphatic rings. The average Bonchev–Trinajstić information content (AvgIpc) is 2.04. The molecular formula is C12H24O. The summed E-state index contributed by atoms with van der Waals surface area (Å²) in [5.41, 5.74) is 1.09. The summed E-state index contributed by atoms with van der Waals surface area (Å²) in [4.78, 5) is 0. The highest BCUT2D eigenvalue weighted by Crippen LogP contribution is 2.20. The van der Waals surface area contributed by atoms with Crippen LogP contribution in [-0.2, 0) is 0 Å². The monoisotopic (exact) mass is 184 g/mol. The normalized spacial score (nSPS) is 15.4. The largest absolute Gasteiger partial charge is 0.393 e. The second-order valence-electron chi connectivity index (χ2n) is 4.04. The first kappa shape index (κ1) is 12.7. The van der Waals surface area contributed by atoms with E-state index in [9.17, 15) is 5.11 Å². The summed E-state index contributed by atoms with van der Waals surface area (Å²) in [6, 6.07) is 0. The van der Waals surface area contributed by atoms with Gasteiger partial charge in [-0.05, 0) is 25.7 Å². The molecule has 0 amide bonds. The molecular weight excluding hydrogens is 160 g/mol. The van der Waals surface area contributed by atoms with E-state index in [0.717, 1.165) is 24.8 Å². The van der Waals surface area contributed by atoms with Gasteiger partial charge < -0.3 is 5.11 Å². The number of hydrogen-bond donors (Lipinski definition) is 1. The summed E-state index contributed by atoms with van der Waals surface area (Å²) < 4.78 is 0. The molecule has 1 N–H and O–H groups in total. The maximum atomic E-state index is 9.85. The van der Waals surface area contributed by atoms with Crippen LogP contribution < -0.4 is 0 Å². The molecule has 1 nitrogen and oxygen atoms in total. The van der Waals surface area contributed by atoms with Crippen molar-refractivity contribution in [2.45, 2.75) is 59.0 Å². The van der Waals surface area contributed by atoms with Crippen LogP contribution in [0.5, 0.6) is 0 Å². The van der Waals surface area contributed by atoms with E-state index in [-0.39, 0.29) is 6.10 Å². The van der Waals surface area contributed by atoms with E-state index in [1.54, 1.807) is 0 Å². The fourth-order valence-corrected chi connectivity index (χ4v) is 1.66. The Bertz CT molecular complexity index is 140. The lowest BCUT2D eigenvalue weighted by atomic mass is 9.90. The van der Waals surface area contributed by atoms with Crippen LogP contribution in [0.15, 0.2) is 12.2 Å². The lowest BCUT2D eigenvalue weighted by molar-refractivity contribution is 0.0988. The van der Waals surface area contributed by atoms with Gasteiger partial charge in [0.15, 0.2) is 0 Å². The molecule has 0 aliphatic heterocycles. The van der Waals surface area contributed by atoms with E-state index in [2.05, 4.69) is 20.4 Å². The van der Waals surface area contributed by atoms with E-state index in [0.29, 0.717) is 5.92 Å². The number of unbranched alkanes of at least 4 members (excludes halogenated alkanes) is 1. The minimum Gasteiger partial charge on any atom is -0.393 e. The smallest absolute Gasteiger partial charge is 0.0605 e. The molecule has 0 aliphatic carbocycles. The maximum Gasteiger partial charge on any atom is 0.0605 e. The van der Waals surface area contributed by atoms with Crippen molar-refractivity contribution in [1.82, 2.24) is 0 Å². The van der Waals surface area contributed by atoms with Crippen molar-refractivity contribution in [3.8, 4) is 0 Å². The zero-order valence-electron chi connectivity index (χ0n) is 9.34. The van der Waals surface area contributed by atoms with Crippen LogP contribution in [-0.4, -0.2) is 11.2 Å². The third-order valence-electron chi connectivity index (χ3n) is 2.55. The van der Waals surface area contributed by atoms with Gasteiger partial charge in [-0.3, -0.25) is 0 Å². The van der Waals surface area contributed by atoms with Crippen molar-refractivity contribution < 1.29 is 5.11 Å². The summed E-state index contributed by atoms with van der Waals surface area (Å²) in [6.45, 7) is 10.2. The highest BCUT2D eigenvalue weighted by atomic mass is 16.3. The highest BCUT2D eigenvalue weighted by molar-refractivity contribution is 4.91. The zero-order chi connectivity index (χ0) is 10.3. The predicted octanol–water partition coefficient (Wildman–Crippen LogP) is 3.53. The molecule has 0 bridgehead atoms. The third-order valence-corrected chi connectivity index (χ3v) is 2.55. The molecule has 13 heavy (non-hydrogen) atoms. The fourth-order valence-electron chi connectivity index (χ4n) is 1.66. The van der Waals surface area contributed by atoms with Gasteiger partial charge in [-0.15, -0.1) is 6.58 Å². The Labute approximate surface area is 82.9 Å². The van der Waals surface area contributed by atoms with Gasteiger partial charge in [0.25, 0.3) is 0 Å². The van der Waals surface area contributed by atoms with Crippen molar-refractivity contribution in [2.75, 3.05) is 0 Å². The first-order valence-corrected chi connectivity index (χ1v) is 5.44. The van der Waals surface area contributed by atoms with Crippen molar-refractivity contribution in [1.29, 1.82) is 0 Å². The van der Waals surface area contributed by atoms with Gasteiger partial charge in [0.2, 0.25) is 0 Å². The van der Waals surface area contributed by atoms with Gasteiger partial charge in [-0.1, -0.05) is 38.7 Å². The first-order valence-electron chi connectivity index (χ1n) is 5.44. The van der Waals surface area contributed by atoms with Gasteiger partial charge in [-0.2, -0.15) is 0 Å². The van der Waals surface area contributed by atoms with E-state index in [1.165, 1.54) is 12.8 Å². The van der Waals surface area contributed by atoms with Crippen molar-refractivity contribution in [2.24, 2.45) is 5.92 Å². The molecule has 0 aromatic carbocycles. The molecule has 0 fully saturated rings. The van der Waals surface area contributed by atoms with Crippen LogP contribution in [0.25, 0.3) is 0 Å². The van der Waals surface area contributed by atoms with Gasteiger partial charge in [0.05, 0.1) is 6.10 Å². The lowest BCUT2D eigenvalue weighted by Gasteiger charge is -2.21. The third kappa shape index (κ3) is 5.87. The standard InChI is InChI=1S/C12H24O/c1-5-7-8-11(6-2)12(13)9-10(3)4/h11-13H,3,5-9H2,1-2,4H3. The molecule has 0 radical (unpaired) electrons. The summed E-state index contributed by atoms with van der Waals surface area (Å²) in [6.07, 6.45) is 5.27. The molecule has 0 aromatic heterocycles. The van der Waals surface area contributed by atoms with Crippen molar-refractivity contribution in [3.63, 3.8) is 0 Å². The molecule has 0 saturated heterocycles. The topological polar surface area (TPSA) is 20.2 Å². The van der Waals surface area contributed by atoms with Gasteiger partial charge in [0, 0.05) is 0 Å². The number of hydrogen-bond acceptors (Lipinski definition) is 1. The summed E-state index contributed by atoms with van der Waals surface area (Å²) in [5.74, 6) is 0.469. The quantitative estimate of drug-likeness (QED) is 0.600. The lowest BCUT2D eigenvalue weighted by Crippen LogP contribution is -2.19. The Balaban J connectivity index is 3.83. The summed E-state index contributed by atoms with van der Waals surface area (Å²) in [7, 11) is 0. The van der Waals surface area contributed by atoms with Crippen LogP contribution in [0.3, 0.4) is 0 Å². The highest BCUT2D eigenvalue weighted by Gasteiger charge is 2.16. The van der Waals surface area contributed by atoms with Crippen LogP contribution in [0.2, 0.25) is 0 Å². The first-order chi connectivity index (χ1) is 6.11. The molecule has 0 saturated carbocycles. The number of aliphatic hydroxyl groups is 1. The maximum absolute atomic E-state index is 9.85. The van der Waals surface area contributed by atoms with Crippen molar-refractivity contribution in [3.05, 3.63) is 12.2 Å². The van der Waals surface area contributed by atoms with Crippen LogP contribution in [0, 0.1) is 5.92 Å². The zero-order valence-corrected chi connectivity index (χ0v) is 9.34. The Hall–Kier alpha value is -0.300. The average molecular weight is 184 g/mol. The summed E-state index contributed by atoms with van der Waals surface area (Å²) in [5, 5.41) is 9.85. The molecule has 2 atom stereocenters.